The molecule has 0 aliphatic rings. The van der Waals surface area contributed by atoms with Crippen LogP contribution in [0.5, 0.6) is 0 Å². The van der Waals surface area contributed by atoms with Crippen LogP contribution in [0.15, 0.2) is 48.5 Å². The van der Waals surface area contributed by atoms with Crippen molar-refractivity contribution in [3.8, 4) is 0 Å². The zero-order valence-corrected chi connectivity index (χ0v) is 11.9. The molecule has 0 saturated heterocycles. The number of benzene rings is 2. The average molecular weight is 369 g/mol. The highest BCUT2D eigenvalue weighted by molar-refractivity contribution is 5.88. The third kappa shape index (κ3) is 3.11. The van der Waals surface area contributed by atoms with E-state index >= 15 is 0 Å². The van der Waals surface area contributed by atoms with Crippen LogP contribution in [0.1, 0.15) is 20.7 Å². The van der Waals surface area contributed by atoms with Crippen molar-refractivity contribution in [1.29, 1.82) is 0 Å². The van der Waals surface area contributed by atoms with Gasteiger partial charge >= 0.3 is 33.1 Å². The molecular weight excluding hydrogens is 359 g/mol. The maximum Gasteiger partial charge on any atom is 0.359 e. The van der Waals surface area contributed by atoms with Gasteiger partial charge in [-0.15, -0.1) is 0 Å². The lowest BCUT2D eigenvalue weighted by atomic mass is 10.2. The van der Waals surface area contributed by atoms with E-state index in [1.165, 1.54) is 0 Å². The summed E-state index contributed by atoms with van der Waals surface area (Å²) < 4.78 is 1.42. The van der Waals surface area contributed by atoms with Crippen molar-refractivity contribution in [3.63, 3.8) is 0 Å². The molecule has 2 N–H and O–H groups in total. The SMILES string of the molecule is O=C(O)c1ccccc1[I+]c1ccccc1C(=O)O. The minimum Gasteiger partial charge on any atom is -0.478 e. The third-order valence-corrected chi connectivity index (χ3v) is 5.46. The van der Waals surface area contributed by atoms with E-state index in [0.29, 0.717) is 7.14 Å². The number of carbonyl (C=O) groups is 2. The first kappa shape index (κ1) is 13.5. The van der Waals surface area contributed by atoms with Crippen molar-refractivity contribution < 1.29 is 41.0 Å². The van der Waals surface area contributed by atoms with Gasteiger partial charge in [0.05, 0.1) is 0 Å². The lowest BCUT2D eigenvalue weighted by molar-refractivity contribution is -0.598. The molecule has 0 aliphatic carbocycles. The number of hydrogen-bond acceptors (Lipinski definition) is 2. The van der Waals surface area contributed by atoms with Gasteiger partial charge in [0.25, 0.3) is 0 Å². The molecule has 0 unspecified atom stereocenters. The molecule has 0 amide bonds. The molecule has 0 fully saturated rings. The molecule has 0 bridgehead atoms. The summed E-state index contributed by atoms with van der Waals surface area (Å²) in [7, 11) is 0. The topological polar surface area (TPSA) is 74.6 Å². The average Bonchev–Trinajstić information content (AvgIpc) is 2.39. The molecule has 0 radical (unpaired) electrons. The minimum absolute atomic E-state index is 0.246. The summed E-state index contributed by atoms with van der Waals surface area (Å²) in [6.45, 7) is 0. The molecular formula is C14H10IO4+. The van der Waals surface area contributed by atoms with E-state index in [2.05, 4.69) is 0 Å². The summed E-state index contributed by atoms with van der Waals surface area (Å²) in [6.07, 6.45) is 0. The Balaban J connectivity index is 2.42. The van der Waals surface area contributed by atoms with E-state index in [-0.39, 0.29) is 11.1 Å². The van der Waals surface area contributed by atoms with Gasteiger partial charge < -0.3 is 10.2 Å². The molecule has 0 heterocycles. The van der Waals surface area contributed by atoms with Gasteiger partial charge in [0.15, 0.2) is 0 Å². The van der Waals surface area contributed by atoms with Crippen LogP contribution in [-0.2, 0) is 0 Å². The fourth-order valence-electron chi connectivity index (χ4n) is 1.54. The van der Waals surface area contributed by atoms with Crippen LogP contribution in [0.4, 0.5) is 0 Å². The fraction of sp³-hybridized carbons (Fsp3) is 0. The maximum absolute atomic E-state index is 11.1. The standard InChI is InChI=1S/C14H9IO4/c16-13(17)9-5-1-3-7-11(9)15-12-8-4-2-6-10(12)14(18)19/h1-8H,(H-,16,17,18,19)/p+1. The van der Waals surface area contributed by atoms with Gasteiger partial charge in [-0.05, 0) is 24.3 Å². The molecule has 0 spiro atoms. The predicted molar refractivity (Wildman–Crippen MR) is 64.2 cm³/mol. The van der Waals surface area contributed by atoms with Crippen LogP contribution in [0, 0.1) is 7.14 Å². The smallest absolute Gasteiger partial charge is 0.359 e. The van der Waals surface area contributed by atoms with Crippen molar-refractivity contribution >= 4 is 11.9 Å². The van der Waals surface area contributed by atoms with E-state index in [0.717, 1.165) is 0 Å². The Kier molecular flexibility index (Phi) is 4.16. The van der Waals surface area contributed by atoms with Gasteiger partial charge in [0, 0.05) is 0 Å². The number of hydrogen-bond donors (Lipinski definition) is 2. The van der Waals surface area contributed by atoms with Crippen LogP contribution >= 0.6 is 0 Å². The quantitative estimate of drug-likeness (QED) is 0.693. The van der Waals surface area contributed by atoms with E-state index < -0.39 is 33.1 Å². The largest absolute Gasteiger partial charge is 0.478 e. The van der Waals surface area contributed by atoms with Gasteiger partial charge in [0.2, 0.25) is 7.14 Å². The highest BCUT2D eigenvalue weighted by Crippen LogP contribution is 2.00. The monoisotopic (exact) mass is 369 g/mol. The van der Waals surface area contributed by atoms with E-state index in [1.807, 2.05) is 0 Å². The Labute approximate surface area is 120 Å². The van der Waals surface area contributed by atoms with E-state index in [9.17, 15) is 9.59 Å². The summed E-state index contributed by atoms with van der Waals surface area (Å²) in [6, 6.07) is 13.4. The number of rotatable bonds is 4. The van der Waals surface area contributed by atoms with Crippen LogP contribution in [0.2, 0.25) is 0 Å². The Hall–Kier alpha value is -1.89. The summed E-state index contributed by atoms with van der Waals surface area (Å²) in [4.78, 5) is 22.3. The van der Waals surface area contributed by atoms with Crippen molar-refractivity contribution in [2.45, 2.75) is 0 Å². The molecule has 0 saturated carbocycles. The summed E-state index contributed by atoms with van der Waals surface area (Å²) in [5, 5.41) is 18.2. The third-order valence-electron chi connectivity index (χ3n) is 2.41. The Morgan fingerprint density at radius 1 is 0.737 bits per heavy atom. The zero-order chi connectivity index (χ0) is 13.8. The first-order valence-electron chi connectivity index (χ1n) is 5.39. The van der Waals surface area contributed by atoms with E-state index in [1.54, 1.807) is 48.5 Å². The molecule has 0 aliphatic heterocycles. The second-order valence-electron chi connectivity index (χ2n) is 3.66. The molecule has 2 rings (SSSR count). The summed E-state index contributed by atoms with van der Waals surface area (Å²) >= 11 is -0.843. The van der Waals surface area contributed by atoms with Gasteiger partial charge in [-0.1, -0.05) is 24.3 Å². The van der Waals surface area contributed by atoms with Crippen LogP contribution in [0.25, 0.3) is 0 Å². The lowest BCUT2D eigenvalue weighted by Gasteiger charge is -1.96. The van der Waals surface area contributed by atoms with Crippen LogP contribution in [-0.4, -0.2) is 22.2 Å². The highest BCUT2D eigenvalue weighted by atomic mass is 127. The van der Waals surface area contributed by atoms with Crippen LogP contribution in [0.3, 0.4) is 0 Å². The van der Waals surface area contributed by atoms with Gasteiger partial charge in [-0.2, -0.15) is 0 Å². The number of aromatic carboxylic acids is 2. The Morgan fingerprint density at radius 2 is 1.11 bits per heavy atom. The second-order valence-corrected chi connectivity index (χ2v) is 6.53. The molecule has 4 nitrogen and oxygen atoms in total. The Morgan fingerprint density at radius 3 is 1.47 bits per heavy atom. The van der Waals surface area contributed by atoms with Gasteiger partial charge in [-0.25, -0.2) is 9.59 Å². The molecule has 96 valence electrons. The summed E-state index contributed by atoms with van der Waals surface area (Å²) in [5.74, 6) is -1.97. The minimum atomic E-state index is -0.983. The van der Waals surface area contributed by atoms with Crippen molar-refractivity contribution in [3.05, 3.63) is 66.8 Å². The molecule has 2 aromatic rings. The van der Waals surface area contributed by atoms with Gasteiger partial charge in [-0.3, -0.25) is 0 Å². The molecule has 0 aromatic heterocycles. The number of carboxylic acid groups (broad SMARTS) is 2. The zero-order valence-electron chi connectivity index (χ0n) is 9.71. The predicted octanol–water partition coefficient (Wildman–Crippen LogP) is -0.789. The summed E-state index contributed by atoms with van der Waals surface area (Å²) in [5.41, 5.74) is 0.492. The van der Waals surface area contributed by atoms with Crippen molar-refractivity contribution in [2.75, 3.05) is 0 Å². The van der Waals surface area contributed by atoms with Crippen molar-refractivity contribution in [2.24, 2.45) is 0 Å². The van der Waals surface area contributed by atoms with Gasteiger partial charge in [0.1, 0.15) is 11.1 Å². The van der Waals surface area contributed by atoms with Crippen LogP contribution < -0.4 is 21.2 Å². The molecule has 5 heteroatoms. The fourth-order valence-corrected chi connectivity index (χ4v) is 4.35. The first-order chi connectivity index (χ1) is 9.09. The molecule has 19 heavy (non-hydrogen) atoms. The maximum atomic E-state index is 11.1. The number of carboxylic acids is 2. The highest BCUT2D eigenvalue weighted by Gasteiger charge is 2.27. The first-order valence-corrected chi connectivity index (χ1v) is 7.55. The normalized spacial score (nSPS) is 10.1. The van der Waals surface area contributed by atoms with Crippen molar-refractivity contribution in [1.82, 2.24) is 0 Å². The molecule has 0 atom stereocenters. The molecule has 2 aromatic carbocycles. The number of halogens is 1. The lowest BCUT2D eigenvalue weighted by Crippen LogP contribution is -3.62. The Bertz CT molecular complexity index is 581. The second kappa shape index (κ2) is 5.83. The van der Waals surface area contributed by atoms with E-state index in [4.69, 9.17) is 10.2 Å².